The number of nitrogens with zero attached hydrogens (tertiary/aromatic N) is 3. The van der Waals surface area contributed by atoms with Crippen LogP contribution >= 0.6 is 23.8 Å². The minimum atomic E-state index is -0.446. The maximum atomic E-state index is 10.3. The summed E-state index contributed by atoms with van der Waals surface area (Å²) in [6.45, 7) is 0. The molecular weight excluding hydrogens is 987 g/mol. The van der Waals surface area contributed by atoms with Crippen molar-refractivity contribution in [3.8, 4) is 0 Å². The summed E-state index contributed by atoms with van der Waals surface area (Å²) in [5.41, 5.74) is 0.676. The number of rotatable bonds is 11. The Hall–Kier alpha value is -6.69. The Kier molecular flexibility index (Phi) is 21.9. The Balaban J connectivity index is 0.000000153. The average Bonchev–Trinajstić information content (AvgIpc) is 3.42. The molecule has 0 amide bonds. The summed E-state index contributed by atoms with van der Waals surface area (Å²) in [5, 5.41) is 19.5. The molecule has 4 nitrogen and oxygen atoms in total. The third kappa shape index (κ3) is 16.5. The number of nitroso groups, excluding NO2 is 1. The molecule has 0 heterocycles. The minimum absolute atomic E-state index is 0. The predicted molar refractivity (Wildman–Crippen MR) is 296 cm³/mol. The zero-order valence-corrected chi connectivity index (χ0v) is 42.6. The first-order valence-electron chi connectivity index (χ1n) is 22.4. The summed E-state index contributed by atoms with van der Waals surface area (Å²) in [5.74, 6) is 0. The SMILES string of the molecule is C[N+](=O)N=Nc1ccccc1.[Rh].c1ccc(P(c2ccccc2)c2ccccc2)cc1.c1ccc(P(c2ccccc2)c2ccccc2)cc1.c1ccc(P(c2ccccc2)c2ccccc2)cc1. The Bertz CT molecular complexity index is 2390. The van der Waals surface area contributed by atoms with Gasteiger partial charge in [-0.2, -0.15) is 0 Å². The molecule has 1 radical (unpaired) electrons. The molecule has 0 unspecified atom stereocenters. The molecule has 0 saturated heterocycles. The van der Waals surface area contributed by atoms with E-state index in [9.17, 15) is 4.91 Å². The van der Waals surface area contributed by atoms with Crippen molar-refractivity contribution in [2.45, 2.75) is 0 Å². The van der Waals surface area contributed by atoms with Gasteiger partial charge in [0.25, 0.3) is 0 Å². The summed E-state index contributed by atoms with van der Waals surface area (Å²) >= 11 is 0. The molecule has 0 aliphatic heterocycles. The van der Waals surface area contributed by atoms with Crippen molar-refractivity contribution in [1.29, 1.82) is 0 Å². The van der Waals surface area contributed by atoms with Crippen LogP contribution in [0.25, 0.3) is 0 Å². The van der Waals surface area contributed by atoms with E-state index in [4.69, 9.17) is 0 Å². The predicted octanol–water partition coefficient (Wildman–Crippen LogP) is 12.4. The topological polar surface area (TPSA) is 44.8 Å². The summed E-state index contributed by atoms with van der Waals surface area (Å²) in [6.07, 6.45) is 0. The largest absolute Gasteiger partial charge is 0.203 e. The fraction of sp³-hybridized carbons (Fsp3) is 0.0164. The molecule has 10 aromatic carbocycles. The van der Waals surface area contributed by atoms with Crippen molar-refractivity contribution in [2.75, 3.05) is 7.05 Å². The molecule has 0 aliphatic rings. The van der Waals surface area contributed by atoms with Crippen molar-refractivity contribution < 1.29 is 24.3 Å². The molecule has 0 N–H and O–H groups in total. The first-order chi connectivity index (χ1) is 33.6. The fourth-order valence-corrected chi connectivity index (χ4v) is 14.1. The van der Waals surface area contributed by atoms with E-state index in [0.717, 1.165) is 0 Å². The van der Waals surface area contributed by atoms with Crippen LogP contribution in [0.2, 0.25) is 0 Å². The van der Waals surface area contributed by atoms with Crippen molar-refractivity contribution in [1.82, 2.24) is 0 Å². The Labute approximate surface area is 424 Å². The number of hydrogen-bond acceptors (Lipinski definition) is 2. The number of hydrogen-bond donors (Lipinski definition) is 0. The van der Waals surface area contributed by atoms with Gasteiger partial charge < -0.3 is 0 Å². The van der Waals surface area contributed by atoms with Gasteiger partial charge in [-0.05, 0) is 88.5 Å². The third-order valence-electron chi connectivity index (χ3n) is 10.2. The molecule has 10 rings (SSSR count). The van der Waals surface area contributed by atoms with Gasteiger partial charge in [0.2, 0.25) is 5.69 Å². The van der Waals surface area contributed by atoms with E-state index in [1.807, 2.05) is 18.2 Å². The molecule has 0 atom stereocenters. The molecule has 0 spiro atoms. The van der Waals surface area contributed by atoms with E-state index in [1.165, 1.54) is 54.8 Å². The standard InChI is InChI=1S/3C18H15P.C7H8N3O.Rh/c3*1-4-10-16(11-5-1)19(17-12-6-2-7-13-17)18-14-8-3-9-15-18;1-10(11)9-8-7-5-3-2-4-6-7;/h3*1-15H;2-6H,1H3;/q;;;+1;. The Morgan fingerprint density at radius 3 is 0.551 bits per heavy atom. The average molecular weight is 1040 g/mol. The molecule has 8 heteroatoms. The van der Waals surface area contributed by atoms with Gasteiger partial charge in [0.05, 0.1) is 9.98 Å². The fourth-order valence-electron chi connectivity index (χ4n) is 7.14. The van der Waals surface area contributed by atoms with Crippen LogP contribution in [0.15, 0.2) is 314 Å². The van der Waals surface area contributed by atoms with Crippen LogP contribution < -0.4 is 47.7 Å². The summed E-state index contributed by atoms with van der Waals surface area (Å²) in [7, 11) is -0.0538. The first kappa shape index (κ1) is 51.7. The smallest absolute Gasteiger partial charge is 0.0622 e. The maximum Gasteiger partial charge on any atom is 0.203 e. The molecule has 0 saturated carbocycles. The van der Waals surface area contributed by atoms with Gasteiger partial charge in [0, 0.05) is 19.5 Å². The van der Waals surface area contributed by atoms with Crippen molar-refractivity contribution in [3.63, 3.8) is 0 Å². The first-order valence-corrected chi connectivity index (χ1v) is 26.4. The maximum absolute atomic E-state index is 10.3. The molecule has 69 heavy (non-hydrogen) atoms. The normalized spacial score (nSPS) is 10.4. The molecule has 341 valence electrons. The van der Waals surface area contributed by atoms with Gasteiger partial charge in [-0.1, -0.05) is 291 Å². The molecular formula is C61H53N3OP3Rh+. The van der Waals surface area contributed by atoms with Crippen LogP contribution in [0.3, 0.4) is 0 Å². The Morgan fingerprint density at radius 2 is 0.406 bits per heavy atom. The molecule has 0 fully saturated rings. The van der Waals surface area contributed by atoms with E-state index in [2.05, 4.69) is 283 Å². The minimum Gasteiger partial charge on any atom is -0.0622 e. The second kappa shape index (κ2) is 29.3. The van der Waals surface area contributed by atoms with Gasteiger partial charge in [0.1, 0.15) is 7.05 Å². The summed E-state index contributed by atoms with van der Waals surface area (Å²) in [6, 6.07) is 106. The summed E-state index contributed by atoms with van der Waals surface area (Å²) < 4.78 is 0. The molecule has 10 aromatic rings. The van der Waals surface area contributed by atoms with E-state index in [0.29, 0.717) is 10.6 Å². The van der Waals surface area contributed by atoms with Crippen molar-refractivity contribution >= 4 is 77.2 Å². The second-order valence-corrected chi connectivity index (χ2v) is 21.7. The van der Waals surface area contributed by atoms with Crippen molar-refractivity contribution in [2.24, 2.45) is 10.3 Å². The van der Waals surface area contributed by atoms with Crippen LogP contribution in [0, 0.1) is 4.91 Å². The van der Waals surface area contributed by atoms with Gasteiger partial charge in [-0.3, -0.25) is 0 Å². The van der Waals surface area contributed by atoms with Gasteiger partial charge >= 0.3 is 0 Å². The molecule has 0 aliphatic carbocycles. The quantitative estimate of drug-likeness (QED) is 0.0419. The Morgan fingerprint density at radius 1 is 0.261 bits per heavy atom. The van der Waals surface area contributed by atoms with Crippen LogP contribution in [-0.2, 0) is 19.5 Å². The van der Waals surface area contributed by atoms with Crippen LogP contribution in [0.4, 0.5) is 5.69 Å². The van der Waals surface area contributed by atoms with Gasteiger partial charge in [-0.15, -0.1) is 0 Å². The van der Waals surface area contributed by atoms with E-state index in [-0.39, 0.29) is 19.5 Å². The third-order valence-corrected chi connectivity index (χ3v) is 17.5. The second-order valence-electron chi connectivity index (χ2n) is 15.0. The van der Waals surface area contributed by atoms with E-state index >= 15 is 0 Å². The molecule has 0 bridgehead atoms. The zero-order chi connectivity index (χ0) is 46.9. The van der Waals surface area contributed by atoms with Crippen molar-refractivity contribution in [3.05, 3.63) is 308 Å². The van der Waals surface area contributed by atoms with Gasteiger partial charge in [0.15, 0.2) is 5.22 Å². The monoisotopic (exact) mass is 1040 g/mol. The number of benzene rings is 10. The molecule has 0 aromatic heterocycles. The van der Waals surface area contributed by atoms with Crippen LogP contribution in [0.1, 0.15) is 0 Å². The summed E-state index contributed by atoms with van der Waals surface area (Å²) in [4.78, 5) is 10.7. The van der Waals surface area contributed by atoms with Crippen LogP contribution in [-0.4, -0.2) is 11.9 Å². The zero-order valence-electron chi connectivity index (χ0n) is 38.3. The van der Waals surface area contributed by atoms with E-state index < -0.39 is 23.8 Å². The van der Waals surface area contributed by atoms with Gasteiger partial charge in [-0.25, -0.2) is 0 Å². The van der Waals surface area contributed by atoms with Crippen LogP contribution in [0.5, 0.6) is 0 Å². The van der Waals surface area contributed by atoms with E-state index in [1.54, 1.807) is 12.1 Å².